The third-order valence-corrected chi connectivity index (χ3v) is 4.64. The monoisotopic (exact) mass is 385 g/mol. The summed E-state index contributed by atoms with van der Waals surface area (Å²) in [4.78, 5) is 27.9. The van der Waals surface area contributed by atoms with Crippen LogP contribution in [0.4, 0.5) is 4.39 Å². The van der Waals surface area contributed by atoms with Crippen LogP contribution in [0.5, 0.6) is 0 Å². The molecule has 3 aromatic rings. The third-order valence-electron chi connectivity index (χ3n) is 3.70. The predicted octanol–water partition coefficient (Wildman–Crippen LogP) is 4.02. The lowest BCUT2D eigenvalue weighted by Crippen LogP contribution is -2.09. The van der Waals surface area contributed by atoms with Gasteiger partial charge in [0, 0.05) is 10.9 Å². The summed E-state index contributed by atoms with van der Waals surface area (Å²) in [7, 11) is 1.31. The van der Waals surface area contributed by atoms with Gasteiger partial charge >= 0.3 is 11.9 Å². The second-order valence-corrected chi connectivity index (χ2v) is 6.54. The Balaban J connectivity index is 1.58. The fourth-order valence-electron chi connectivity index (χ4n) is 2.41. The highest BCUT2D eigenvalue weighted by atomic mass is 32.1. The van der Waals surface area contributed by atoms with Crippen molar-refractivity contribution in [3.05, 3.63) is 76.5 Å². The smallest absolute Gasteiger partial charge is 0.337 e. The standard InChI is InChI=1S/C20H16FNO4S/c1-25-20(24)15-6-2-4-13(8-15)11-26-18(23)10-17-12-27-19(22-17)14-5-3-7-16(21)9-14/h2-9,12H,10-11H2,1H3. The van der Waals surface area contributed by atoms with E-state index in [2.05, 4.69) is 9.72 Å². The van der Waals surface area contributed by atoms with Crippen LogP contribution in [0.3, 0.4) is 0 Å². The lowest BCUT2D eigenvalue weighted by atomic mass is 10.1. The Kier molecular flexibility index (Phi) is 5.93. The van der Waals surface area contributed by atoms with Gasteiger partial charge in [-0.2, -0.15) is 0 Å². The first-order valence-corrected chi connectivity index (χ1v) is 8.96. The molecule has 0 aliphatic carbocycles. The van der Waals surface area contributed by atoms with Gasteiger partial charge in [-0.1, -0.05) is 24.3 Å². The average Bonchev–Trinajstić information content (AvgIpc) is 3.14. The van der Waals surface area contributed by atoms with Gasteiger partial charge in [-0.05, 0) is 29.8 Å². The maximum Gasteiger partial charge on any atom is 0.337 e. The Hall–Kier alpha value is -3.06. The Labute approximate surface area is 159 Å². The van der Waals surface area contributed by atoms with Gasteiger partial charge in [0.15, 0.2) is 0 Å². The molecule has 0 fully saturated rings. The van der Waals surface area contributed by atoms with Crippen LogP contribution in [0, 0.1) is 5.82 Å². The van der Waals surface area contributed by atoms with E-state index in [4.69, 9.17) is 4.74 Å². The highest BCUT2D eigenvalue weighted by molar-refractivity contribution is 7.13. The van der Waals surface area contributed by atoms with Gasteiger partial charge in [0.1, 0.15) is 17.4 Å². The van der Waals surface area contributed by atoms with Crippen LogP contribution in [-0.4, -0.2) is 24.0 Å². The van der Waals surface area contributed by atoms with Crippen molar-refractivity contribution in [1.29, 1.82) is 0 Å². The van der Waals surface area contributed by atoms with Crippen molar-refractivity contribution >= 4 is 23.3 Å². The van der Waals surface area contributed by atoms with Gasteiger partial charge in [0.05, 0.1) is 24.8 Å². The molecule has 3 rings (SSSR count). The number of hydrogen-bond donors (Lipinski definition) is 0. The van der Waals surface area contributed by atoms with Crippen molar-refractivity contribution in [1.82, 2.24) is 4.98 Å². The molecule has 0 N–H and O–H groups in total. The van der Waals surface area contributed by atoms with Gasteiger partial charge in [0.25, 0.3) is 0 Å². The fourth-order valence-corrected chi connectivity index (χ4v) is 3.23. The lowest BCUT2D eigenvalue weighted by molar-refractivity contribution is -0.144. The topological polar surface area (TPSA) is 65.5 Å². The number of benzene rings is 2. The zero-order valence-corrected chi connectivity index (χ0v) is 15.3. The minimum atomic E-state index is -0.449. The molecule has 27 heavy (non-hydrogen) atoms. The SMILES string of the molecule is COC(=O)c1cccc(COC(=O)Cc2csc(-c3cccc(F)c3)n2)c1. The van der Waals surface area contributed by atoms with Crippen LogP contribution < -0.4 is 0 Å². The number of aromatic nitrogens is 1. The normalized spacial score (nSPS) is 10.4. The second-order valence-electron chi connectivity index (χ2n) is 5.68. The minimum Gasteiger partial charge on any atom is -0.465 e. The first-order valence-electron chi connectivity index (χ1n) is 8.08. The Morgan fingerprint density at radius 2 is 1.96 bits per heavy atom. The highest BCUT2D eigenvalue weighted by Crippen LogP contribution is 2.24. The Morgan fingerprint density at radius 3 is 2.74 bits per heavy atom. The van der Waals surface area contributed by atoms with E-state index in [1.165, 1.54) is 30.6 Å². The van der Waals surface area contributed by atoms with Gasteiger partial charge < -0.3 is 9.47 Å². The summed E-state index contributed by atoms with van der Waals surface area (Å²) >= 11 is 1.34. The maximum absolute atomic E-state index is 13.3. The molecule has 2 aromatic carbocycles. The van der Waals surface area contributed by atoms with E-state index in [-0.39, 0.29) is 18.8 Å². The molecule has 0 radical (unpaired) electrons. The molecule has 0 aliphatic heterocycles. The zero-order chi connectivity index (χ0) is 19.2. The van der Waals surface area contributed by atoms with Gasteiger partial charge in [-0.25, -0.2) is 14.2 Å². The van der Waals surface area contributed by atoms with Gasteiger partial charge in [0.2, 0.25) is 0 Å². The summed E-state index contributed by atoms with van der Waals surface area (Å²) in [5, 5.41) is 2.39. The molecular formula is C20H16FNO4S. The number of thiazole rings is 1. The summed E-state index contributed by atoms with van der Waals surface area (Å²) in [6, 6.07) is 12.8. The molecule has 0 amide bonds. The lowest BCUT2D eigenvalue weighted by Gasteiger charge is -2.05. The first-order chi connectivity index (χ1) is 13.0. The van der Waals surface area contributed by atoms with Crippen LogP contribution in [0.15, 0.2) is 53.9 Å². The molecule has 1 aromatic heterocycles. The summed E-state index contributed by atoms with van der Waals surface area (Å²) in [5.74, 6) is -1.22. The number of carbonyl (C=O) groups excluding carboxylic acids is 2. The zero-order valence-electron chi connectivity index (χ0n) is 14.5. The summed E-state index contributed by atoms with van der Waals surface area (Å²) < 4.78 is 23.2. The minimum absolute atomic E-state index is 0.0164. The molecular weight excluding hydrogens is 369 g/mol. The average molecular weight is 385 g/mol. The number of halogens is 1. The van der Waals surface area contributed by atoms with Crippen molar-refractivity contribution in [2.24, 2.45) is 0 Å². The van der Waals surface area contributed by atoms with E-state index in [0.717, 1.165) is 0 Å². The van der Waals surface area contributed by atoms with E-state index in [9.17, 15) is 14.0 Å². The molecule has 0 saturated carbocycles. The molecule has 1 heterocycles. The summed E-state index contributed by atoms with van der Waals surface area (Å²) in [5.41, 5.74) is 2.31. The van der Waals surface area contributed by atoms with Crippen LogP contribution in [0.1, 0.15) is 21.6 Å². The summed E-state index contributed by atoms with van der Waals surface area (Å²) in [6.07, 6.45) is 0.0164. The fraction of sp³-hybridized carbons (Fsp3) is 0.150. The number of ether oxygens (including phenoxy) is 2. The van der Waals surface area contributed by atoms with Crippen LogP contribution in [-0.2, 0) is 27.3 Å². The highest BCUT2D eigenvalue weighted by Gasteiger charge is 2.12. The van der Waals surface area contributed by atoms with Crippen LogP contribution in [0.2, 0.25) is 0 Å². The van der Waals surface area contributed by atoms with Gasteiger partial charge in [-0.15, -0.1) is 11.3 Å². The van der Waals surface area contributed by atoms with Crippen LogP contribution >= 0.6 is 11.3 Å². The van der Waals surface area contributed by atoms with Crippen molar-refractivity contribution in [3.8, 4) is 10.6 Å². The molecule has 0 aliphatic rings. The molecule has 0 spiro atoms. The third kappa shape index (κ3) is 4.98. The molecule has 0 unspecified atom stereocenters. The van der Waals surface area contributed by atoms with Crippen molar-refractivity contribution in [2.45, 2.75) is 13.0 Å². The van der Waals surface area contributed by atoms with Gasteiger partial charge in [-0.3, -0.25) is 4.79 Å². The number of methoxy groups -OCH3 is 1. The number of carbonyl (C=O) groups is 2. The van der Waals surface area contributed by atoms with Crippen molar-refractivity contribution < 1.29 is 23.5 Å². The van der Waals surface area contributed by atoms with E-state index in [1.54, 1.807) is 41.8 Å². The van der Waals surface area contributed by atoms with Crippen molar-refractivity contribution in [3.63, 3.8) is 0 Å². The molecule has 5 nitrogen and oxygen atoms in total. The van der Waals surface area contributed by atoms with E-state index in [0.29, 0.717) is 27.4 Å². The number of nitrogens with zero attached hydrogens (tertiary/aromatic N) is 1. The first kappa shape index (κ1) is 18.7. The van der Waals surface area contributed by atoms with E-state index < -0.39 is 11.9 Å². The number of rotatable bonds is 6. The van der Waals surface area contributed by atoms with Crippen molar-refractivity contribution in [2.75, 3.05) is 7.11 Å². The number of esters is 2. The molecule has 0 bridgehead atoms. The predicted molar refractivity (Wildman–Crippen MR) is 98.8 cm³/mol. The van der Waals surface area contributed by atoms with Crippen LogP contribution in [0.25, 0.3) is 10.6 Å². The molecule has 138 valence electrons. The molecule has 0 atom stereocenters. The Bertz CT molecular complexity index is 970. The quantitative estimate of drug-likeness (QED) is 0.600. The largest absolute Gasteiger partial charge is 0.465 e. The van der Waals surface area contributed by atoms with E-state index >= 15 is 0 Å². The number of hydrogen-bond acceptors (Lipinski definition) is 6. The summed E-state index contributed by atoms with van der Waals surface area (Å²) in [6.45, 7) is 0.0462. The molecule has 7 heteroatoms. The van der Waals surface area contributed by atoms with E-state index in [1.807, 2.05) is 0 Å². The second kappa shape index (κ2) is 8.55. The Morgan fingerprint density at radius 1 is 1.15 bits per heavy atom. The maximum atomic E-state index is 13.3. The molecule has 0 saturated heterocycles.